The molecule has 2 heterocycles. The van der Waals surface area contributed by atoms with Gasteiger partial charge < -0.3 is 14.8 Å². The Morgan fingerprint density at radius 3 is 2.56 bits per heavy atom. The molecule has 6 nitrogen and oxygen atoms in total. The molecular formula is C19H20N2O4. The quantitative estimate of drug-likeness (QED) is 0.845. The minimum absolute atomic E-state index is 0.250. The van der Waals surface area contributed by atoms with E-state index in [2.05, 4.69) is 5.32 Å². The summed E-state index contributed by atoms with van der Waals surface area (Å²) in [5, 5.41) is 3.26. The van der Waals surface area contributed by atoms with Crippen LogP contribution in [-0.4, -0.2) is 36.6 Å². The van der Waals surface area contributed by atoms with Gasteiger partial charge in [-0.25, -0.2) is 9.59 Å². The first-order valence-corrected chi connectivity index (χ1v) is 8.18. The number of methoxy groups -OCH3 is 1. The second kappa shape index (κ2) is 6.84. The highest BCUT2D eigenvalue weighted by Crippen LogP contribution is 2.33. The van der Waals surface area contributed by atoms with Gasteiger partial charge in [-0.05, 0) is 26.0 Å². The van der Waals surface area contributed by atoms with Gasteiger partial charge in [0.05, 0.1) is 24.8 Å². The predicted octanol–water partition coefficient (Wildman–Crippen LogP) is 3.37. The van der Waals surface area contributed by atoms with E-state index in [1.165, 1.54) is 13.2 Å². The summed E-state index contributed by atoms with van der Waals surface area (Å²) in [4.78, 5) is 24.8. The van der Waals surface area contributed by atoms with Crippen LogP contribution >= 0.6 is 0 Å². The van der Waals surface area contributed by atoms with Gasteiger partial charge in [-0.2, -0.15) is 0 Å². The maximum Gasteiger partial charge on any atom is 0.355 e. The van der Waals surface area contributed by atoms with Crippen LogP contribution in [-0.2, 0) is 9.47 Å². The standard InChI is InChI=1S/C19H20N2O4/c1-4-20-16-10-12-8-6-7-9-13-14(18(22)24-3)11-15(19(23)25-5-2)21(16)17(12)13/h6-11,20H,4-5H2,1-3H3. The summed E-state index contributed by atoms with van der Waals surface area (Å²) in [5.41, 5.74) is 3.01. The van der Waals surface area contributed by atoms with Crippen LogP contribution < -0.4 is 5.32 Å². The molecule has 0 atom stereocenters. The van der Waals surface area contributed by atoms with Crippen LogP contribution in [0, 0.1) is 0 Å². The third kappa shape index (κ3) is 2.80. The van der Waals surface area contributed by atoms with Crippen molar-refractivity contribution in [2.24, 2.45) is 0 Å². The van der Waals surface area contributed by atoms with Gasteiger partial charge in [-0.1, -0.05) is 24.3 Å². The summed E-state index contributed by atoms with van der Waals surface area (Å²) in [7, 11) is 1.32. The van der Waals surface area contributed by atoms with Gasteiger partial charge in [0.1, 0.15) is 11.5 Å². The van der Waals surface area contributed by atoms with E-state index in [9.17, 15) is 9.59 Å². The smallest absolute Gasteiger partial charge is 0.355 e. The number of carbonyl (C=O) groups excluding carboxylic acids is 2. The van der Waals surface area contributed by atoms with Crippen molar-refractivity contribution in [3.05, 3.63) is 46.7 Å². The van der Waals surface area contributed by atoms with Crippen LogP contribution in [0.2, 0.25) is 0 Å². The predicted molar refractivity (Wildman–Crippen MR) is 96.9 cm³/mol. The van der Waals surface area contributed by atoms with Crippen LogP contribution in [0.4, 0.5) is 5.82 Å². The number of allylic oxidation sites excluding steroid dienone is 2. The summed E-state index contributed by atoms with van der Waals surface area (Å²) < 4.78 is 11.9. The van der Waals surface area contributed by atoms with E-state index in [1.807, 2.05) is 37.3 Å². The molecule has 3 rings (SSSR count). The third-order valence-corrected chi connectivity index (χ3v) is 3.99. The number of nitrogens with one attached hydrogen (secondary N) is 1. The summed E-state index contributed by atoms with van der Waals surface area (Å²) >= 11 is 0. The molecule has 1 aliphatic rings. The minimum Gasteiger partial charge on any atom is -0.465 e. The first kappa shape index (κ1) is 16.8. The number of esters is 2. The van der Waals surface area contributed by atoms with Gasteiger partial charge in [0.15, 0.2) is 0 Å². The number of pyridine rings is 1. The molecule has 2 aromatic rings. The topological polar surface area (TPSA) is 69.0 Å². The Balaban J connectivity index is 2.42. The Hall–Kier alpha value is -3.02. The highest BCUT2D eigenvalue weighted by atomic mass is 16.5. The molecule has 0 spiro atoms. The maximum absolute atomic E-state index is 12.5. The van der Waals surface area contributed by atoms with E-state index in [1.54, 1.807) is 11.3 Å². The normalized spacial score (nSPS) is 12.1. The lowest BCUT2D eigenvalue weighted by atomic mass is 10.0. The molecule has 130 valence electrons. The zero-order valence-electron chi connectivity index (χ0n) is 14.5. The molecule has 0 unspecified atom stereocenters. The number of hydrogen-bond acceptors (Lipinski definition) is 5. The fourth-order valence-corrected chi connectivity index (χ4v) is 3.01. The van der Waals surface area contributed by atoms with Crippen molar-refractivity contribution >= 4 is 35.4 Å². The van der Waals surface area contributed by atoms with Gasteiger partial charge >= 0.3 is 11.9 Å². The minimum atomic E-state index is -0.494. The molecule has 0 aromatic carbocycles. The third-order valence-electron chi connectivity index (χ3n) is 3.99. The molecule has 6 heteroatoms. The van der Waals surface area contributed by atoms with Crippen molar-refractivity contribution in [2.75, 3.05) is 25.6 Å². The average molecular weight is 340 g/mol. The second-order valence-corrected chi connectivity index (χ2v) is 5.49. The Kier molecular flexibility index (Phi) is 4.61. The molecule has 0 saturated carbocycles. The highest BCUT2D eigenvalue weighted by molar-refractivity contribution is 6.03. The first-order chi connectivity index (χ1) is 12.1. The molecule has 0 radical (unpaired) electrons. The second-order valence-electron chi connectivity index (χ2n) is 5.49. The van der Waals surface area contributed by atoms with Crippen molar-refractivity contribution in [3.63, 3.8) is 0 Å². The Morgan fingerprint density at radius 1 is 1.12 bits per heavy atom. The summed E-state index contributed by atoms with van der Waals surface area (Å²) in [5.74, 6) is -0.211. The summed E-state index contributed by atoms with van der Waals surface area (Å²) in [6.07, 6.45) is 7.55. The molecule has 0 aliphatic heterocycles. The average Bonchev–Trinajstić information content (AvgIpc) is 2.83. The number of aromatic nitrogens is 1. The molecule has 1 N–H and O–H groups in total. The van der Waals surface area contributed by atoms with Crippen LogP contribution in [0.25, 0.3) is 17.7 Å². The number of nitrogens with zero attached hydrogens (tertiary/aromatic N) is 1. The van der Waals surface area contributed by atoms with Crippen molar-refractivity contribution in [2.45, 2.75) is 13.8 Å². The lowest BCUT2D eigenvalue weighted by Crippen LogP contribution is -2.16. The van der Waals surface area contributed by atoms with Crippen LogP contribution in [0.15, 0.2) is 24.3 Å². The number of carbonyl (C=O) groups is 2. The van der Waals surface area contributed by atoms with Crippen molar-refractivity contribution < 1.29 is 19.1 Å². The van der Waals surface area contributed by atoms with E-state index < -0.39 is 11.9 Å². The summed E-state index contributed by atoms with van der Waals surface area (Å²) in [6, 6.07) is 3.49. The highest BCUT2D eigenvalue weighted by Gasteiger charge is 2.25. The lowest BCUT2D eigenvalue weighted by Gasteiger charge is -2.15. The van der Waals surface area contributed by atoms with E-state index in [0.29, 0.717) is 17.7 Å². The molecule has 25 heavy (non-hydrogen) atoms. The van der Waals surface area contributed by atoms with Crippen molar-refractivity contribution in [1.29, 1.82) is 0 Å². The monoisotopic (exact) mass is 340 g/mol. The molecule has 0 bridgehead atoms. The van der Waals surface area contributed by atoms with Crippen molar-refractivity contribution in [3.8, 4) is 0 Å². The Morgan fingerprint density at radius 2 is 1.88 bits per heavy atom. The van der Waals surface area contributed by atoms with Crippen molar-refractivity contribution in [1.82, 2.24) is 4.40 Å². The van der Waals surface area contributed by atoms with E-state index >= 15 is 0 Å². The number of ether oxygens (including phenoxy) is 2. The van der Waals surface area contributed by atoms with E-state index in [4.69, 9.17) is 9.47 Å². The Bertz CT molecular complexity index is 906. The molecule has 1 aliphatic carbocycles. The summed E-state index contributed by atoms with van der Waals surface area (Å²) in [6.45, 7) is 4.67. The zero-order valence-corrected chi connectivity index (χ0v) is 14.5. The SMILES string of the molecule is CCNc1cc2c3c(c(C(=O)OC)cc(C(=O)OCC)n13)C=CC=C2. The molecular weight excluding hydrogens is 320 g/mol. The van der Waals surface area contributed by atoms with Crippen LogP contribution in [0.5, 0.6) is 0 Å². The van der Waals surface area contributed by atoms with Gasteiger partial charge in [-0.15, -0.1) is 0 Å². The molecule has 0 fully saturated rings. The van der Waals surface area contributed by atoms with Crippen LogP contribution in [0.3, 0.4) is 0 Å². The largest absolute Gasteiger partial charge is 0.465 e. The van der Waals surface area contributed by atoms with E-state index in [0.717, 1.165) is 16.9 Å². The number of rotatable bonds is 5. The Labute approximate surface area is 145 Å². The first-order valence-electron chi connectivity index (χ1n) is 8.18. The fraction of sp³-hybridized carbons (Fsp3) is 0.263. The van der Waals surface area contributed by atoms with Gasteiger partial charge in [-0.3, -0.25) is 4.40 Å². The number of anilines is 1. The fourth-order valence-electron chi connectivity index (χ4n) is 3.01. The molecule has 2 aromatic heterocycles. The number of hydrogen-bond donors (Lipinski definition) is 1. The lowest BCUT2D eigenvalue weighted by molar-refractivity contribution is 0.0518. The van der Waals surface area contributed by atoms with Gasteiger partial charge in [0.25, 0.3) is 0 Å². The van der Waals surface area contributed by atoms with Gasteiger partial charge in [0.2, 0.25) is 0 Å². The van der Waals surface area contributed by atoms with E-state index in [-0.39, 0.29) is 12.3 Å². The molecule has 0 amide bonds. The zero-order chi connectivity index (χ0) is 18.0. The molecule has 0 saturated heterocycles. The van der Waals surface area contributed by atoms with Gasteiger partial charge in [0, 0.05) is 17.7 Å². The maximum atomic E-state index is 12.5. The van der Waals surface area contributed by atoms with Crippen LogP contribution in [0.1, 0.15) is 45.8 Å².